The van der Waals surface area contributed by atoms with Gasteiger partial charge in [0.1, 0.15) is 11.6 Å². The van der Waals surface area contributed by atoms with Gasteiger partial charge in [0.2, 0.25) is 0 Å². The number of benzene rings is 2. The molecule has 14 heteroatoms. The van der Waals surface area contributed by atoms with Crippen LogP contribution in [0.25, 0.3) is 0 Å². The number of nitrogens with one attached hydrogen (secondary N) is 2. The highest BCUT2D eigenvalue weighted by Crippen LogP contribution is 2.40. The van der Waals surface area contributed by atoms with Crippen molar-refractivity contribution in [2.24, 2.45) is 0 Å². The number of methoxy groups -OCH3 is 1. The zero-order valence-corrected chi connectivity index (χ0v) is 20.6. The average Bonchev–Trinajstić information content (AvgIpc) is 2.80. The van der Waals surface area contributed by atoms with Crippen molar-refractivity contribution >= 4 is 21.3 Å². The highest BCUT2D eigenvalue weighted by Gasteiger charge is 2.38. The third-order valence-electron chi connectivity index (χ3n) is 5.11. The second kappa shape index (κ2) is 10.0. The molecule has 1 atom stereocenters. The number of anilines is 1. The number of hydrogen-bond donors (Lipinski definition) is 2. The van der Waals surface area contributed by atoms with Crippen LogP contribution < -0.4 is 14.8 Å². The van der Waals surface area contributed by atoms with Crippen LogP contribution in [0, 0.1) is 35.8 Å². The largest absolute Gasteiger partial charge is 0.490 e. The number of amides is 1. The normalized spacial score (nSPS) is 12.8. The Morgan fingerprint density at radius 3 is 2.43 bits per heavy atom. The molecule has 0 aliphatic carbocycles. The summed E-state index contributed by atoms with van der Waals surface area (Å²) in [6.07, 6.45) is -3.80. The number of carbonyl (C=O) groups is 1. The summed E-state index contributed by atoms with van der Waals surface area (Å²) >= 11 is 0. The van der Waals surface area contributed by atoms with E-state index in [4.69, 9.17) is 19.5 Å². The number of ether oxygens (including phenoxy) is 2. The molecule has 1 unspecified atom stereocenters. The average molecular weight is 537 g/mol. The molecule has 0 bridgehead atoms. The van der Waals surface area contributed by atoms with E-state index in [0.717, 1.165) is 20.1 Å². The lowest BCUT2D eigenvalue weighted by atomic mass is 10.1. The maximum atomic E-state index is 14.7. The molecule has 0 fully saturated rings. The van der Waals surface area contributed by atoms with E-state index in [0.29, 0.717) is 0 Å². The molecule has 37 heavy (non-hydrogen) atoms. The predicted molar refractivity (Wildman–Crippen MR) is 124 cm³/mol. The number of hydrogen-bond acceptors (Lipinski definition) is 8. The number of aromatic nitrogens is 2. The molecule has 2 N–H and O–H groups in total. The lowest BCUT2D eigenvalue weighted by molar-refractivity contribution is -0.142. The van der Waals surface area contributed by atoms with E-state index in [9.17, 15) is 26.6 Å². The number of nitrogens with zero attached hydrogens (tertiary/aromatic N) is 3. The van der Waals surface area contributed by atoms with Crippen LogP contribution in [0.1, 0.15) is 32.7 Å². The Balaban J connectivity index is 2.17. The summed E-state index contributed by atoms with van der Waals surface area (Å²) < 4.78 is 85.7. The number of carbonyl (C=O) groups excluding carboxylic acids is 1. The first kappa shape index (κ1) is 27.3. The number of rotatable bonds is 6. The van der Waals surface area contributed by atoms with Crippen molar-refractivity contribution in [1.29, 1.82) is 10.0 Å². The monoisotopic (exact) mass is 537 g/mol. The molecule has 2 aromatic carbocycles. The van der Waals surface area contributed by atoms with Crippen LogP contribution in [-0.4, -0.2) is 33.7 Å². The minimum Gasteiger partial charge on any atom is -0.490 e. The van der Waals surface area contributed by atoms with Gasteiger partial charge in [0.05, 0.1) is 22.4 Å². The molecule has 3 aromatic rings. The zero-order valence-electron chi connectivity index (χ0n) is 19.8. The molecular formula is C23H19F4N5O4S. The first-order valence-corrected chi connectivity index (χ1v) is 12.2. The standard InChI is InChI=1S/C23H19F4N5O4S/c1-11-8-13(10-28)17(24)19(35-3)18(11)36-22-16(12(2)20(31-32-22)23(25,26)27)21(33)30-14-6-5-7-15(9-14)37(4,29)34/h5-9,29H,1-4H3,(H,30,33). The summed E-state index contributed by atoms with van der Waals surface area (Å²) in [7, 11) is -2.06. The van der Waals surface area contributed by atoms with Crippen molar-refractivity contribution in [2.75, 3.05) is 18.7 Å². The van der Waals surface area contributed by atoms with Crippen molar-refractivity contribution < 1.29 is 36.0 Å². The quantitative estimate of drug-likeness (QED) is 0.412. The molecule has 194 valence electrons. The van der Waals surface area contributed by atoms with Crippen LogP contribution in [0.4, 0.5) is 23.2 Å². The smallest absolute Gasteiger partial charge is 0.435 e. The van der Waals surface area contributed by atoms with Gasteiger partial charge in [-0.15, -0.1) is 10.2 Å². The van der Waals surface area contributed by atoms with Gasteiger partial charge in [-0.1, -0.05) is 6.07 Å². The Bertz CT molecular complexity index is 1550. The van der Waals surface area contributed by atoms with Crippen LogP contribution in [0.15, 0.2) is 35.2 Å². The molecule has 0 aliphatic rings. The summed E-state index contributed by atoms with van der Waals surface area (Å²) in [5.41, 5.74) is -2.90. The molecule has 0 radical (unpaired) electrons. The van der Waals surface area contributed by atoms with Crippen LogP contribution in [-0.2, 0) is 15.9 Å². The third kappa shape index (κ3) is 5.61. The predicted octanol–water partition coefficient (Wildman–Crippen LogP) is 5.21. The molecule has 1 amide bonds. The lowest BCUT2D eigenvalue weighted by Crippen LogP contribution is -2.21. The molecule has 0 spiro atoms. The number of alkyl halides is 3. The lowest BCUT2D eigenvalue weighted by Gasteiger charge is -2.18. The topological polar surface area (TPSA) is 138 Å². The van der Waals surface area contributed by atoms with E-state index >= 15 is 0 Å². The van der Waals surface area contributed by atoms with Crippen LogP contribution in [0.5, 0.6) is 17.4 Å². The third-order valence-corrected chi connectivity index (χ3v) is 6.26. The molecule has 0 saturated heterocycles. The Hall–Kier alpha value is -4.25. The Kier molecular flexibility index (Phi) is 7.40. The molecule has 0 saturated carbocycles. The number of aryl methyl sites for hydroxylation is 1. The van der Waals surface area contributed by atoms with Gasteiger partial charge in [0, 0.05) is 16.8 Å². The number of nitriles is 1. The zero-order chi connectivity index (χ0) is 27.7. The highest BCUT2D eigenvalue weighted by molar-refractivity contribution is 7.91. The van der Waals surface area contributed by atoms with Crippen LogP contribution in [0.3, 0.4) is 0 Å². The fourth-order valence-electron chi connectivity index (χ4n) is 3.35. The minimum absolute atomic E-state index is 0.0400. The Labute approximate surface area is 209 Å². The van der Waals surface area contributed by atoms with Crippen molar-refractivity contribution in [1.82, 2.24) is 10.2 Å². The second-order valence-electron chi connectivity index (χ2n) is 7.81. The molecular weight excluding hydrogens is 518 g/mol. The summed E-state index contributed by atoms with van der Waals surface area (Å²) in [5, 5.41) is 18.1. The maximum absolute atomic E-state index is 14.7. The van der Waals surface area contributed by atoms with Gasteiger partial charge in [0.15, 0.2) is 23.0 Å². The van der Waals surface area contributed by atoms with E-state index in [-0.39, 0.29) is 27.5 Å². The van der Waals surface area contributed by atoms with Crippen molar-refractivity contribution in [2.45, 2.75) is 24.9 Å². The van der Waals surface area contributed by atoms with Crippen molar-refractivity contribution in [3.8, 4) is 23.4 Å². The first-order chi connectivity index (χ1) is 17.2. The fraction of sp³-hybridized carbons (Fsp3) is 0.217. The molecule has 3 rings (SSSR count). The van der Waals surface area contributed by atoms with E-state index in [1.165, 1.54) is 37.4 Å². The Morgan fingerprint density at radius 1 is 1.19 bits per heavy atom. The summed E-state index contributed by atoms with van der Waals surface area (Å²) in [5.74, 6) is -3.72. The van der Waals surface area contributed by atoms with Gasteiger partial charge in [-0.3, -0.25) is 4.79 Å². The van der Waals surface area contributed by atoms with E-state index < -0.39 is 56.1 Å². The summed E-state index contributed by atoms with van der Waals surface area (Å²) in [6.45, 7) is 2.42. The first-order valence-electron chi connectivity index (χ1n) is 10.2. The maximum Gasteiger partial charge on any atom is 0.435 e. The Morgan fingerprint density at radius 2 is 1.86 bits per heavy atom. The molecule has 0 aliphatic heterocycles. The minimum atomic E-state index is -4.96. The molecule has 1 aromatic heterocycles. The van der Waals surface area contributed by atoms with Gasteiger partial charge in [-0.2, -0.15) is 18.4 Å². The summed E-state index contributed by atoms with van der Waals surface area (Å²) in [6, 6.07) is 8.21. The van der Waals surface area contributed by atoms with Crippen molar-refractivity contribution in [3.05, 3.63) is 64.1 Å². The van der Waals surface area contributed by atoms with E-state index in [1.54, 1.807) is 6.07 Å². The van der Waals surface area contributed by atoms with E-state index in [1.807, 2.05) is 0 Å². The fourth-order valence-corrected chi connectivity index (χ4v) is 4.04. The van der Waals surface area contributed by atoms with Crippen LogP contribution >= 0.6 is 0 Å². The number of halogens is 4. The van der Waals surface area contributed by atoms with Gasteiger partial charge in [-0.25, -0.2) is 13.4 Å². The van der Waals surface area contributed by atoms with Gasteiger partial charge in [-0.05, 0) is 49.2 Å². The second-order valence-corrected chi connectivity index (χ2v) is 9.97. The SMILES string of the molecule is COc1c(F)c(C#N)cc(C)c1Oc1nnc(C(F)(F)F)c(C)c1C(=O)Nc1cccc(S(C)(=N)=O)c1. The van der Waals surface area contributed by atoms with Crippen LogP contribution in [0.2, 0.25) is 0 Å². The molecule has 1 heterocycles. The van der Waals surface area contributed by atoms with Crippen molar-refractivity contribution in [3.63, 3.8) is 0 Å². The van der Waals surface area contributed by atoms with Gasteiger partial charge < -0.3 is 14.8 Å². The van der Waals surface area contributed by atoms with E-state index in [2.05, 4.69) is 15.5 Å². The highest BCUT2D eigenvalue weighted by atomic mass is 32.2. The van der Waals surface area contributed by atoms with Gasteiger partial charge in [0.25, 0.3) is 11.8 Å². The molecule has 9 nitrogen and oxygen atoms in total. The van der Waals surface area contributed by atoms with Gasteiger partial charge >= 0.3 is 6.18 Å². The summed E-state index contributed by atoms with van der Waals surface area (Å²) in [4.78, 5) is 13.3.